The molecular formula is C17H35N3. The minimum Gasteiger partial charge on any atom is -0.329 e. The van der Waals surface area contributed by atoms with Crippen molar-refractivity contribution in [3.8, 4) is 0 Å². The van der Waals surface area contributed by atoms with Gasteiger partial charge in [-0.3, -0.25) is 4.90 Å². The van der Waals surface area contributed by atoms with Crippen molar-refractivity contribution in [2.45, 2.75) is 58.4 Å². The molecule has 3 nitrogen and oxygen atoms in total. The van der Waals surface area contributed by atoms with E-state index in [1.54, 1.807) is 0 Å². The molecule has 2 saturated heterocycles. The molecule has 1 atom stereocenters. The molecule has 118 valence electrons. The molecule has 2 rings (SSSR count). The van der Waals surface area contributed by atoms with Crippen LogP contribution in [-0.4, -0.2) is 54.6 Å². The highest BCUT2D eigenvalue weighted by Crippen LogP contribution is 2.34. The van der Waals surface area contributed by atoms with Crippen molar-refractivity contribution < 1.29 is 0 Å². The fourth-order valence-electron chi connectivity index (χ4n) is 4.24. The van der Waals surface area contributed by atoms with Gasteiger partial charge in [0.05, 0.1) is 0 Å². The lowest BCUT2D eigenvalue weighted by Gasteiger charge is -2.47. The van der Waals surface area contributed by atoms with Crippen LogP contribution in [0.4, 0.5) is 0 Å². The lowest BCUT2D eigenvalue weighted by atomic mass is 9.82. The van der Waals surface area contributed by atoms with Crippen molar-refractivity contribution >= 4 is 0 Å². The summed E-state index contributed by atoms with van der Waals surface area (Å²) in [5.41, 5.74) is 6.56. The highest BCUT2D eigenvalue weighted by atomic mass is 15.2. The van der Waals surface area contributed by atoms with Crippen LogP contribution in [0.15, 0.2) is 0 Å². The zero-order valence-electron chi connectivity index (χ0n) is 13.9. The van der Waals surface area contributed by atoms with Crippen molar-refractivity contribution in [3.05, 3.63) is 0 Å². The van der Waals surface area contributed by atoms with Gasteiger partial charge in [0.15, 0.2) is 0 Å². The van der Waals surface area contributed by atoms with Gasteiger partial charge < -0.3 is 10.6 Å². The van der Waals surface area contributed by atoms with Crippen LogP contribution in [0.2, 0.25) is 0 Å². The lowest BCUT2D eigenvalue weighted by molar-refractivity contribution is 0.0352. The number of rotatable bonds is 4. The molecule has 2 N–H and O–H groups in total. The molecule has 0 aromatic heterocycles. The smallest absolute Gasteiger partial charge is 0.0344 e. The molecular weight excluding hydrogens is 246 g/mol. The summed E-state index contributed by atoms with van der Waals surface area (Å²) in [4.78, 5) is 5.35. The van der Waals surface area contributed by atoms with Crippen LogP contribution in [0.3, 0.4) is 0 Å². The monoisotopic (exact) mass is 281 g/mol. The molecule has 1 unspecified atom stereocenters. The fraction of sp³-hybridized carbons (Fsp3) is 1.00. The molecule has 0 aromatic rings. The second-order valence-corrected chi connectivity index (χ2v) is 7.28. The van der Waals surface area contributed by atoms with Crippen LogP contribution < -0.4 is 5.73 Å². The van der Waals surface area contributed by atoms with E-state index in [4.69, 9.17) is 5.73 Å². The Morgan fingerprint density at radius 3 is 2.35 bits per heavy atom. The van der Waals surface area contributed by atoms with Crippen LogP contribution in [0.1, 0.15) is 52.9 Å². The Bertz CT molecular complexity index is 284. The second kappa shape index (κ2) is 7.24. The maximum Gasteiger partial charge on any atom is 0.0344 e. The Hall–Kier alpha value is -0.120. The summed E-state index contributed by atoms with van der Waals surface area (Å²) < 4.78 is 0. The molecule has 0 radical (unpaired) electrons. The van der Waals surface area contributed by atoms with Crippen LogP contribution in [0, 0.1) is 11.8 Å². The van der Waals surface area contributed by atoms with E-state index in [9.17, 15) is 0 Å². The zero-order valence-corrected chi connectivity index (χ0v) is 13.9. The van der Waals surface area contributed by atoms with Crippen molar-refractivity contribution in [1.82, 2.24) is 9.80 Å². The maximum absolute atomic E-state index is 6.26. The summed E-state index contributed by atoms with van der Waals surface area (Å²) >= 11 is 0. The number of likely N-dealkylation sites (tertiary alicyclic amines) is 2. The molecule has 3 heteroatoms. The van der Waals surface area contributed by atoms with Gasteiger partial charge in [-0.25, -0.2) is 0 Å². The number of nitrogens with two attached hydrogens (primary N) is 1. The summed E-state index contributed by atoms with van der Waals surface area (Å²) in [6, 6.07) is 0. The van der Waals surface area contributed by atoms with E-state index in [0.717, 1.165) is 18.4 Å². The van der Waals surface area contributed by atoms with Gasteiger partial charge in [0, 0.05) is 12.1 Å². The standard InChI is InChI=1S/C17H35N3/c1-4-19-10-5-8-17(14-18,9-13-19)20-11-6-16(7-12-20)15(2)3/h15-16H,4-14,18H2,1-3H3. The second-order valence-electron chi connectivity index (χ2n) is 7.28. The number of piperidine rings is 1. The third-order valence-corrected chi connectivity index (χ3v) is 5.99. The average Bonchev–Trinajstić information content (AvgIpc) is 2.70. The molecule has 0 bridgehead atoms. The first-order chi connectivity index (χ1) is 9.61. The van der Waals surface area contributed by atoms with Crippen LogP contribution in [0.25, 0.3) is 0 Å². The summed E-state index contributed by atoms with van der Waals surface area (Å²) in [5, 5.41) is 0. The molecule has 0 aliphatic carbocycles. The Labute approximate surface area is 125 Å². The Morgan fingerprint density at radius 1 is 1.10 bits per heavy atom. The third kappa shape index (κ3) is 3.55. The van der Waals surface area contributed by atoms with E-state index in [0.29, 0.717) is 5.54 Å². The average molecular weight is 281 g/mol. The van der Waals surface area contributed by atoms with Gasteiger partial charge in [-0.2, -0.15) is 0 Å². The minimum absolute atomic E-state index is 0.297. The highest BCUT2D eigenvalue weighted by Gasteiger charge is 2.38. The largest absolute Gasteiger partial charge is 0.329 e. The first-order valence-corrected chi connectivity index (χ1v) is 8.79. The van der Waals surface area contributed by atoms with E-state index in [1.165, 1.54) is 64.8 Å². The maximum atomic E-state index is 6.26. The van der Waals surface area contributed by atoms with E-state index < -0.39 is 0 Å². The van der Waals surface area contributed by atoms with Gasteiger partial charge in [0.25, 0.3) is 0 Å². The fourth-order valence-corrected chi connectivity index (χ4v) is 4.24. The number of hydrogen-bond donors (Lipinski definition) is 1. The van der Waals surface area contributed by atoms with Gasteiger partial charge in [0.2, 0.25) is 0 Å². The Balaban J connectivity index is 1.97. The minimum atomic E-state index is 0.297. The van der Waals surface area contributed by atoms with Gasteiger partial charge >= 0.3 is 0 Å². The van der Waals surface area contributed by atoms with Crippen LogP contribution in [-0.2, 0) is 0 Å². The summed E-state index contributed by atoms with van der Waals surface area (Å²) in [5.74, 6) is 1.77. The van der Waals surface area contributed by atoms with E-state index >= 15 is 0 Å². The zero-order chi connectivity index (χ0) is 14.6. The molecule has 0 aromatic carbocycles. The van der Waals surface area contributed by atoms with Crippen molar-refractivity contribution in [2.75, 3.05) is 39.3 Å². The van der Waals surface area contributed by atoms with Gasteiger partial charge in [-0.05, 0) is 76.7 Å². The van der Waals surface area contributed by atoms with E-state index in [2.05, 4.69) is 30.6 Å². The molecule has 20 heavy (non-hydrogen) atoms. The first kappa shape index (κ1) is 16.3. The van der Waals surface area contributed by atoms with Crippen LogP contribution in [0.5, 0.6) is 0 Å². The molecule has 0 saturated carbocycles. The number of hydrogen-bond acceptors (Lipinski definition) is 3. The number of nitrogens with zero attached hydrogens (tertiary/aromatic N) is 2. The molecule has 0 amide bonds. The summed E-state index contributed by atoms with van der Waals surface area (Å²) in [6.07, 6.45) is 6.62. The third-order valence-electron chi connectivity index (χ3n) is 5.99. The van der Waals surface area contributed by atoms with E-state index in [1.807, 2.05) is 0 Å². The molecule has 2 fully saturated rings. The van der Waals surface area contributed by atoms with Gasteiger partial charge in [0.1, 0.15) is 0 Å². The predicted molar refractivity (Wildman–Crippen MR) is 86.9 cm³/mol. The Kier molecular flexibility index (Phi) is 5.88. The quantitative estimate of drug-likeness (QED) is 0.859. The van der Waals surface area contributed by atoms with Gasteiger partial charge in [-0.1, -0.05) is 20.8 Å². The first-order valence-electron chi connectivity index (χ1n) is 8.79. The summed E-state index contributed by atoms with van der Waals surface area (Å²) in [6.45, 7) is 14.1. The SMILES string of the molecule is CCN1CCCC(CN)(N2CCC(C(C)C)CC2)CC1. The molecule has 0 spiro atoms. The summed E-state index contributed by atoms with van der Waals surface area (Å²) in [7, 11) is 0. The van der Waals surface area contributed by atoms with E-state index in [-0.39, 0.29) is 0 Å². The topological polar surface area (TPSA) is 32.5 Å². The van der Waals surface area contributed by atoms with Crippen molar-refractivity contribution in [3.63, 3.8) is 0 Å². The lowest BCUT2D eigenvalue weighted by Crippen LogP contribution is -2.57. The molecule has 2 aliphatic rings. The molecule has 2 aliphatic heterocycles. The molecule has 2 heterocycles. The van der Waals surface area contributed by atoms with Crippen molar-refractivity contribution in [2.24, 2.45) is 17.6 Å². The Morgan fingerprint density at radius 2 is 1.80 bits per heavy atom. The van der Waals surface area contributed by atoms with Crippen LogP contribution >= 0.6 is 0 Å². The van der Waals surface area contributed by atoms with Gasteiger partial charge in [-0.15, -0.1) is 0 Å². The van der Waals surface area contributed by atoms with Crippen molar-refractivity contribution in [1.29, 1.82) is 0 Å². The highest BCUT2D eigenvalue weighted by molar-refractivity contribution is 4.96. The normalized spacial score (nSPS) is 31.6. The predicted octanol–water partition coefficient (Wildman–Crippen LogP) is 2.56.